The Morgan fingerprint density at radius 3 is 1.18 bits per heavy atom. The van der Waals surface area contributed by atoms with Gasteiger partial charge in [-0.05, 0) is 103 Å². The van der Waals surface area contributed by atoms with Gasteiger partial charge in [0, 0.05) is 16.5 Å². The van der Waals surface area contributed by atoms with Crippen LogP contribution in [0.4, 0.5) is 0 Å². The summed E-state index contributed by atoms with van der Waals surface area (Å²) in [4.78, 5) is 0. The molecule has 2 N–H and O–H groups in total. The zero-order valence-corrected chi connectivity index (χ0v) is 33.6. The lowest BCUT2D eigenvalue weighted by Crippen LogP contribution is -2.25. The predicted octanol–water partition coefficient (Wildman–Crippen LogP) is 12.8. The maximum Gasteiger partial charge on any atom is 0.127 e. The Balaban J connectivity index is 1.15. The van der Waals surface area contributed by atoms with Crippen LogP contribution in [0.25, 0.3) is 66.1 Å². The number of hydrogen-bond donors (Lipinski definition) is 2. The highest BCUT2D eigenvalue weighted by molar-refractivity contribution is 5.98. The maximum atomic E-state index is 9.78. The van der Waals surface area contributed by atoms with Crippen LogP contribution in [0.3, 0.4) is 0 Å². The summed E-state index contributed by atoms with van der Waals surface area (Å²) in [6.45, 7) is 2.48. The highest BCUT2D eigenvalue weighted by Gasteiger charge is 2.33. The van der Waals surface area contributed by atoms with Crippen LogP contribution >= 0.6 is 0 Å². The standard InChI is InChI=1S/C56H46O4/c1-56(45-15-3-2-4-16-45,46-29-31-54(59-35-33-57)52(37-46)43-25-21-41(22-26-43)50-19-9-13-39-11-5-7-17-48(39)50)47-30-32-55(60-36-34-58)53(38-47)44-27-23-42(24-28-44)51-20-10-14-40-12-6-8-18-49(40)51/h2-32,37-38,57-58H,33-36H2,1H3. The van der Waals surface area contributed by atoms with E-state index in [1.807, 2.05) is 18.2 Å². The second-order valence-electron chi connectivity index (χ2n) is 15.3. The van der Waals surface area contributed by atoms with Crippen LogP contribution in [-0.4, -0.2) is 36.6 Å². The average molecular weight is 783 g/mol. The van der Waals surface area contributed by atoms with Crippen molar-refractivity contribution in [2.45, 2.75) is 12.3 Å². The van der Waals surface area contributed by atoms with E-state index in [0.717, 1.165) is 50.1 Å². The third-order valence-electron chi connectivity index (χ3n) is 11.8. The molecular formula is C56H46O4. The summed E-state index contributed by atoms with van der Waals surface area (Å²) in [6.07, 6.45) is 0. The van der Waals surface area contributed by atoms with Crippen molar-refractivity contribution in [3.05, 3.63) is 217 Å². The van der Waals surface area contributed by atoms with Crippen molar-refractivity contribution in [1.82, 2.24) is 0 Å². The molecule has 0 amide bonds. The van der Waals surface area contributed by atoms with Crippen molar-refractivity contribution in [2.75, 3.05) is 26.4 Å². The van der Waals surface area contributed by atoms with Gasteiger partial charge in [0.25, 0.3) is 0 Å². The van der Waals surface area contributed by atoms with Crippen molar-refractivity contribution < 1.29 is 19.7 Å². The lowest BCUT2D eigenvalue weighted by molar-refractivity contribution is 0.202. The molecule has 9 rings (SSSR count). The first-order valence-electron chi connectivity index (χ1n) is 20.5. The Labute approximate surface area is 351 Å². The van der Waals surface area contributed by atoms with Crippen molar-refractivity contribution in [3.63, 3.8) is 0 Å². The second kappa shape index (κ2) is 17.1. The molecule has 60 heavy (non-hydrogen) atoms. The van der Waals surface area contributed by atoms with Gasteiger partial charge in [-0.15, -0.1) is 0 Å². The molecule has 0 fully saturated rings. The van der Waals surface area contributed by atoms with Crippen LogP contribution in [0.2, 0.25) is 0 Å². The van der Waals surface area contributed by atoms with Crippen molar-refractivity contribution >= 4 is 21.5 Å². The Morgan fingerprint density at radius 2 is 0.750 bits per heavy atom. The fourth-order valence-corrected chi connectivity index (χ4v) is 8.58. The smallest absolute Gasteiger partial charge is 0.127 e. The Bertz CT molecular complexity index is 2710. The first-order valence-corrected chi connectivity index (χ1v) is 20.5. The summed E-state index contributed by atoms with van der Waals surface area (Å²) in [5, 5.41) is 24.4. The molecule has 4 nitrogen and oxygen atoms in total. The van der Waals surface area contributed by atoms with E-state index in [9.17, 15) is 10.2 Å². The molecule has 0 aliphatic heterocycles. The number of aliphatic hydroxyl groups excluding tert-OH is 2. The van der Waals surface area contributed by atoms with Gasteiger partial charge >= 0.3 is 0 Å². The maximum absolute atomic E-state index is 9.78. The summed E-state index contributed by atoms with van der Waals surface area (Å²) >= 11 is 0. The van der Waals surface area contributed by atoms with Gasteiger partial charge in [-0.25, -0.2) is 0 Å². The monoisotopic (exact) mass is 782 g/mol. The lowest BCUT2D eigenvalue weighted by atomic mass is 9.70. The largest absolute Gasteiger partial charge is 0.491 e. The van der Waals surface area contributed by atoms with Crippen molar-refractivity contribution in [1.29, 1.82) is 0 Å². The van der Waals surface area contributed by atoms with Crippen LogP contribution < -0.4 is 9.47 Å². The SMILES string of the molecule is CC(c1ccccc1)(c1ccc(OCCO)c(-c2ccc(-c3cccc4ccccc34)cc2)c1)c1ccc(OCCO)c(-c2ccc(-c3cccc4ccccc34)cc2)c1. The Morgan fingerprint density at radius 1 is 0.367 bits per heavy atom. The normalized spacial score (nSPS) is 11.5. The fourth-order valence-electron chi connectivity index (χ4n) is 8.58. The quantitative estimate of drug-likeness (QED) is 0.114. The highest BCUT2D eigenvalue weighted by Crippen LogP contribution is 2.45. The first-order chi connectivity index (χ1) is 29.5. The predicted molar refractivity (Wildman–Crippen MR) is 247 cm³/mol. The molecule has 0 unspecified atom stereocenters. The fraction of sp³-hybridized carbons (Fsp3) is 0.107. The van der Waals surface area contributed by atoms with E-state index >= 15 is 0 Å². The molecule has 9 aromatic carbocycles. The van der Waals surface area contributed by atoms with Gasteiger partial charge in [-0.1, -0.05) is 176 Å². The van der Waals surface area contributed by atoms with Gasteiger partial charge in [-0.2, -0.15) is 0 Å². The zero-order chi connectivity index (χ0) is 40.9. The third kappa shape index (κ3) is 7.44. The van der Waals surface area contributed by atoms with Gasteiger partial charge < -0.3 is 19.7 Å². The van der Waals surface area contributed by atoms with E-state index in [1.54, 1.807) is 0 Å². The van der Waals surface area contributed by atoms with Gasteiger partial charge in [0.1, 0.15) is 24.7 Å². The Hall–Kier alpha value is -6.98. The van der Waals surface area contributed by atoms with Crippen LogP contribution in [0, 0.1) is 0 Å². The zero-order valence-electron chi connectivity index (χ0n) is 33.6. The molecule has 0 saturated carbocycles. The Kier molecular flexibility index (Phi) is 11.0. The molecular weight excluding hydrogens is 737 g/mol. The van der Waals surface area contributed by atoms with Gasteiger partial charge in [0.05, 0.1) is 13.2 Å². The molecule has 0 bridgehead atoms. The second-order valence-corrected chi connectivity index (χ2v) is 15.3. The first kappa shape index (κ1) is 38.5. The van der Waals surface area contributed by atoms with E-state index in [1.165, 1.54) is 32.7 Å². The molecule has 0 aliphatic carbocycles. The molecule has 0 heterocycles. The summed E-state index contributed by atoms with van der Waals surface area (Å²) in [5.74, 6) is 1.42. The van der Waals surface area contributed by atoms with Gasteiger partial charge in [0.2, 0.25) is 0 Å². The van der Waals surface area contributed by atoms with Crippen LogP contribution in [0.5, 0.6) is 11.5 Å². The van der Waals surface area contributed by atoms with Gasteiger partial charge in [-0.3, -0.25) is 0 Å². The number of benzene rings is 9. The number of ether oxygens (including phenoxy) is 2. The average Bonchev–Trinajstić information content (AvgIpc) is 3.32. The van der Waals surface area contributed by atoms with Crippen LogP contribution in [0.15, 0.2) is 200 Å². The van der Waals surface area contributed by atoms with E-state index < -0.39 is 5.41 Å². The molecule has 9 aromatic rings. The summed E-state index contributed by atoms with van der Waals surface area (Å²) in [7, 11) is 0. The molecule has 0 spiro atoms. The van der Waals surface area contributed by atoms with Crippen molar-refractivity contribution in [3.8, 4) is 56.0 Å². The van der Waals surface area contributed by atoms with E-state index in [4.69, 9.17) is 9.47 Å². The van der Waals surface area contributed by atoms with E-state index in [2.05, 4.69) is 189 Å². The minimum Gasteiger partial charge on any atom is -0.491 e. The van der Waals surface area contributed by atoms with Gasteiger partial charge in [0.15, 0.2) is 0 Å². The molecule has 0 saturated heterocycles. The van der Waals surface area contributed by atoms with Crippen LogP contribution in [0.1, 0.15) is 23.6 Å². The molecule has 0 aromatic heterocycles. The topological polar surface area (TPSA) is 58.9 Å². The number of hydrogen-bond acceptors (Lipinski definition) is 4. The van der Waals surface area contributed by atoms with E-state index in [-0.39, 0.29) is 26.4 Å². The molecule has 0 aliphatic rings. The third-order valence-corrected chi connectivity index (χ3v) is 11.8. The van der Waals surface area contributed by atoms with Crippen LogP contribution in [-0.2, 0) is 5.41 Å². The highest BCUT2D eigenvalue weighted by atomic mass is 16.5. The summed E-state index contributed by atoms with van der Waals surface area (Å²) < 4.78 is 12.4. The number of fused-ring (bicyclic) bond motifs is 2. The lowest BCUT2D eigenvalue weighted by Gasteiger charge is -2.33. The molecule has 0 atom stereocenters. The number of aliphatic hydroxyl groups is 2. The number of rotatable bonds is 13. The van der Waals surface area contributed by atoms with E-state index in [0.29, 0.717) is 11.5 Å². The minimum absolute atomic E-state index is 0.0840. The van der Waals surface area contributed by atoms with Crippen molar-refractivity contribution in [2.24, 2.45) is 0 Å². The minimum atomic E-state index is -0.610. The molecule has 0 radical (unpaired) electrons. The summed E-state index contributed by atoms with van der Waals surface area (Å²) in [6, 6.07) is 70.6. The molecule has 4 heteroatoms. The summed E-state index contributed by atoms with van der Waals surface area (Å²) in [5.41, 5.74) is 11.3. The molecule has 294 valence electrons.